The molecule has 1 N–H and O–H groups in total. The predicted octanol–water partition coefficient (Wildman–Crippen LogP) is 5.74. The number of fused-ring (bicyclic) bond motifs is 3. The molecule has 0 amide bonds. The van der Waals surface area contributed by atoms with Crippen molar-refractivity contribution in [1.29, 1.82) is 0 Å². The molecule has 1 heterocycles. The molecular formula is C21H30O2. The van der Waals surface area contributed by atoms with Crippen molar-refractivity contribution in [2.24, 2.45) is 5.92 Å². The van der Waals surface area contributed by atoms with Gasteiger partial charge in [0, 0.05) is 17.4 Å². The highest BCUT2D eigenvalue weighted by Crippen LogP contribution is 2.53. The van der Waals surface area contributed by atoms with E-state index in [1.807, 2.05) is 6.07 Å². The summed E-state index contributed by atoms with van der Waals surface area (Å²) in [6.45, 7) is 8.81. The topological polar surface area (TPSA) is 29.5 Å². The van der Waals surface area contributed by atoms with E-state index < -0.39 is 0 Å². The summed E-state index contributed by atoms with van der Waals surface area (Å²) < 4.78 is 6.36. The van der Waals surface area contributed by atoms with Crippen molar-refractivity contribution >= 4 is 0 Å². The van der Waals surface area contributed by atoms with Gasteiger partial charge in [-0.2, -0.15) is 0 Å². The molecule has 23 heavy (non-hydrogen) atoms. The van der Waals surface area contributed by atoms with E-state index in [0.717, 1.165) is 30.6 Å². The SMILES string of the molecule is CCCCCc1cc(O)c2c(c1)OC(C)(C)[C@H]1CCC(C)=CC21. The Kier molecular flexibility index (Phi) is 4.44. The molecule has 0 bridgehead atoms. The normalized spacial score (nSPS) is 25.1. The van der Waals surface area contributed by atoms with E-state index in [2.05, 4.69) is 39.8 Å². The largest absolute Gasteiger partial charge is 0.507 e. The first-order chi connectivity index (χ1) is 10.9. The molecule has 3 rings (SSSR count). The van der Waals surface area contributed by atoms with Crippen LogP contribution in [-0.2, 0) is 6.42 Å². The average molecular weight is 314 g/mol. The van der Waals surface area contributed by atoms with E-state index in [9.17, 15) is 5.11 Å². The second-order valence-electron chi connectivity index (χ2n) is 7.87. The molecule has 1 aromatic carbocycles. The number of benzene rings is 1. The van der Waals surface area contributed by atoms with Crippen LogP contribution in [0.15, 0.2) is 23.8 Å². The van der Waals surface area contributed by atoms with Crippen molar-refractivity contribution in [3.05, 3.63) is 34.9 Å². The molecule has 0 fully saturated rings. The van der Waals surface area contributed by atoms with Crippen LogP contribution < -0.4 is 4.74 Å². The number of ether oxygens (including phenoxy) is 1. The molecule has 0 aromatic heterocycles. The first-order valence-corrected chi connectivity index (χ1v) is 9.14. The highest BCUT2D eigenvalue weighted by Gasteiger charge is 2.45. The molecule has 0 saturated carbocycles. The maximum absolute atomic E-state index is 10.7. The predicted molar refractivity (Wildman–Crippen MR) is 95.3 cm³/mol. The lowest BCUT2D eigenvalue weighted by atomic mass is 9.68. The quantitative estimate of drug-likeness (QED) is 0.567. The fourth-order valence-corrected chi connectivity index (χ4v) is 4.30. The number of allylic oxidation sites excluding steroid dienone is 2. The van der Waals surface area contributed by atoms with Crippen LogP contribution in [0.3, 0.4) is 0 Å². The molecule has 0 saturated heterocycles. The molecule has 1 aromatic rings. The molecule has 1 aliphatic heterocycles. The van der Waals surface area contributed by atoms with Crippen molar-refractivity contribution in [1.82, 2.24) is 0 Å². The number of aromatic hydroxyl groups is 1. The number of unbranched alkanes of at least 4 members (excludes halogenated alkanes) is 2. The molecule has 2 aliphatic rings. The van der Waals surface area contributed by atoms with E-state index in [4.69, 9.17) is 4.74 Å². The Morgan fingerprint density at radius 2 is 2.04 bits per heavy atom. The molecule has 0 spiro atoms. The number of hydrogen-bond donors (Lipinski definition) is 1. The Labute approximate surface area is 140 Å². The van der Waals surface area contributed by atoms with Crippen LogP contribution in [0.4, 0.5) is 0 Å². The van der Waals surface area contributed by atoms with Gasteiger partial charge in [0.05, 0.1) is 0 Å². The van der Waals surface area contributed by atoms with Crippen LogP contribution in [0.2, 0.25) is 0 Å². The van der Waals surface area contributed by atoms with E-state index in [-0.39, 0.29) is 11.5 Å². The van der Waals surface area contributed by atoms with E-state index in [1.54, 1.807) is 0 Å². The molecule has 1 unspecified atom stereocenters. The lowest BCUT2D eigenvalue weighted by Gasteiger charge is -2.46. The lowest BCUT2D eigenvalue weighted by Crippen LogP contribution is -2.45. The summed E-state index contributed by atoms with van der Waals surface area (Å²) in [6.07, 6.45) is 9.26. The van der Waals surface area contributed by atoms with E-state index >= 15 is 0 Å². The number of phenols is 1. The summed E-state index contributed by atoms with van der Waals surface area (Å²) in [5.41, 5.74) is 3.46. The van der Waals surface area contributed by atoms with Gasteiger partial charge in [-0.1, -0.05) is 31.4 Å². The maximum Gasteiger partial charge on any atom is 0.127 e. The van der Waals surface area contributed by atoms with Crippen molar-refractivity contribution < 1.29 is 9.84 Å². The first-order valence-electron chi connectivity index (χ1n) is 9.14. The van der Waals surface area contributed by atoms with E-state index in [0.29, 0.717) is 11.7 Å². The second-order valence-corrected chi connectivity index (χ2v) is 7.87. The minimum absolute atomic E-state index is 0.177. The molecule has 2 heteroatoms. The maximum atomic E-state index is 10.7. The molecule has 2 nitrogen and oxygen atoms in total. The third-order valence-electron chi connectivity index (χ3n) is 5.60. The van der Waals surface area contributed by atoms with Crippen molar-refractivity contribution in [3.63, 3.8) is 0 Å². The molecular weight excluding hydrogens is 284 g/mol. The Morgan fingerprint density at radius 3 is 2.78 bits per heavy atom. The van der Waals surface area contributed by atoms with Crippen LogP contribution in [0.25, 0.3) is 0 Å². The summed E-state index contributed by atoms with van der Waals surface area (Å²) in [7, 11) is 0. The van der Waals surface area contributed by atoms with Gasteiger partial charge in [-0.15, -0.1) is 0 Å². The molecule has 0 radical (unpaired) electrons. The summed E-state index contributed by atoms with van der Waals surface area (Å²) in [5.74, 6) is 2.04. The summed E-state index contributed by atoms with van der Waals surface area (Å²) in [4.78, 5) is 0. The summed E-state index contributed by atoms with van der Waals surface area (Å²) in [6, 6.07) is 4.13. The summed E-state index contributed by atoms with van der Waals surface area (Å²) >= 11 is 0. The van der Waals surface area contributed by atoms with E-state index in [1.165, 1.54) is 30.4 Å². The van der Waals surface area contributed by atoms with Gasteiger partial charge in [-0.25, -0.2) is 0 Å². The minimum Gasteiger partial charge on any atom is -0.507 e. The van der Waals surface area contributed by atoms with Gasteiger partial charge in [0.15, 0.2) is 0 Å². The fourth-order valence-electron chi connectivity index (χ4n) is 4.30. The Bertz CT molecular complexity index is 613. The van der Waals surface area contributed by atoms with Crippen LogP contribution in [0.5, 0.6) is 11.5 Å². The minimum atomic E-state index is -0.177. The zero-order chi connectivity index (χ0) is 16.6. The fraction of sp³-hybridized carbons (Fsp3) is 0.619. The van der Waals surface area contributed by atoms with Crippen LogP contribution >= 0.6 is 0 Å². The number of rotatable bonds is 4. The molecule has 2 atom stereocenters. The average Bonchev–Trinajstić information content (AvgIpc) is 2.46. The van der Waals surface area contributed by atoms with Gasteiger partial charge < -0.3 is 9.84 Å². The van der Waals surface area contributed by atoms with Crippen molar-refractivity contribution in [3.8, 4) is 11.5 Å². The Balaban J connectivity index is 1.99. The third-order valence-corrected chi connectivity index (χ3v) is 5.60. The highest BCUT2D eigenvalue weighted by molar-refractivity contribution is 5.53. The lowest BCUT2D eigenvalue weighted by molar-refractivity contribution is 0.0107. The smallest absolute Gasteiger partial charge is 0.127 e. The van der Waals surface area contributed by atoms with Crippen molar-refractivity contribution in [2.75, 3.05) is 0 Å². The van der Waals surface area contributed by atoms with Gasteiger partial charge in [-0.05, 0) is 64.2 Å². The van der Waals surface area contributed by atoms with Gasteiger partial charge in [0.1, 0.15) is 17.1 Å². The zero-order valence-electron chi connectivity index (χ0n) is 15.0. The van der Waals surface area contributed by atoms with Gasteiger partial charge in [0.25, 0.3) is 0 Å². The first kappa shape index (κ1) is 16.4. The zero-order valence-corrected chi connectivity index (χ0v) is 15.0. The van der Waals surface area contributed by atoms with Crippen LogP contribution in [0.1, 0.15) is 76.8 Å². The molecule has 1 aliphatic carbocycles. The number of hydrogen-bond acceptors (Lipinski definition) is 2. The number of phenolic OH excluding ortho intramolecular Hbond substituents is 1. The van der Waals surface area contributed by atoms with Gasteiger partial charge in [-0.3, -0.25) is 0 Å². The number of aryl methyl sites for hydroxylation is 1. The highest BCUT2D eigenvalue weighted by atomic mass is 16.5. The summed E-state index contributed by atoms with van der Waals surface area (Å²) in [5, 5.41) is 10.7. The second kappa shape index (κ2) is 6.22. The van der Waals surface area contributed by atoms with Crippen molar-refractivity contribution in [2.45, 2.75) is 77.7 Å². The van der Waals surface area contributed by atoms with Gasteiger partial charge in [0.2, 0.25) is 0 Å². The van der Waals surface area contributed by atoms with Gasteiger partial charge >= 0.3 is 0 Å². The monoisotopic (exact) mass is 314 g/mol. The standard InChI is InChI=1S/C21H30O2/c1-5-6-7-8-15-12-18(22)20-16-11-14(2)9-10-17(16)21(3,4)23-19(20)13-15/h11-13,16-17,22H,5-10H2,1-4H3/t16?,17-/m0/s1. The molecule has 126 valence electrons. The third kappa shape index (κ3) is 3.13. The van der Waals surface area contributed by atoms with Crippen LogP contribution in [0, 0.1) is 5.92 Å². The Morgan fingerprint density at radius 1 is 1.26 bits per heavy atom. The Hall–Kier alpha value is -1.44. The van der Waals surface area contributed by atoms with Crippen LogP contribution in [-0.4, -0.2) is 10.7 Å².